The minimum absolute atomic E-state index is 0.130. The first-order valence-electron chi connectivity index (χ1n) is 8.86. The van der Waals surface area contributed by atoms with E-state index in [1.165, 1.54) is 0 Å². The second-order valence-electron chi connectivity index (χ2n) is 6.31. The molecule has 0 spiro atoms. The highest BCUT2D eigenvalue weighted by Crippen LogP contribution is 2.34. The van der Waals surface area contributed by atoms with E-state index in [1.54, 1.807) is 24.3 Å². The van der Waals surface area contributed by atoms with Gasteiger partial charge in [-0.3, -0.25) is 4.79 Å². The number of carbonyl (C=O) groups is 1. The Balaban J connectivity index is 1.45. The van der Waals surface area contributed by atoms with Crippen molar-refractivity contribution < 1.29 is 14.3 Å². The normalized spacial score (nSPS) is 14.3. The van der Waals surface area contributed by atoms with E-state index in [2.05, 4.69) is 0 Å². The van der Waals surface area contributed by atoms with Crippen LogP contribution in [0.3, 0.4) is 0 Å². The third-order valence-corrected chi connectivity index (χ3v) is 4.51. The van der Waals surface area contributed by atoms with E-state index < -0.39 is 0 Å². The van der Waals surface area contributed by atoms with Crippen LogP contribution >= 0.6 is 11.6 Å². The molecule has 0 aliphatic carbocycles. The van der Waals surface area contributed by atoms with Gasteiger partial charge < -0.3 is 9.47 Å². The monoisotopic (exact) mass is 388 g/mol. The lowest BCUT2D eigenvalue weighted by Gasteiger charge is -2.07. The summed E-state index contributed by atoms with van der Waals surface area (Å²) in [6.07, 6.45) is 5.42. The predicted octanol–water partition coefficient (Wildman–Crippen LogP) is 6.09. The van der Waals surface area contributed by atoms with Crippen molar-refractivity contribution >= 4 is 23.5 Å². The first-order chi connectivity index (χ1) is 13.7. The molecule has 0 fully saturated rings. The molecule has 0 atom stereocenters. The lowest BCUT2D eigenvalue weighted by Crippen LogP contribution is -1.97. The van der Waals surface area contributed by atoms with Crippen LogP contribution in [0.1, 0.15) is 21.5 Å². The summed E-state index contributed by atoms with van der Waals surface area (Å²) in [5, 5.41) is 0.669. The lowest BCUT2D eigenvalue weighted by atomic mass is 10.1. The van der Waals surface area contributed by atoms with Gasteiger partial charge in [-0.2, -0.15) is 0 Å². The zero-order chi connectivity index (χ0) is 19.3. The number of rotatable bonds is 5. The van der Waals surface area contributed by atoms with E-state index in [4.69, 9.17) is 21.1 Å². The van der Waals surface area contributed by atoms with E-state index in [9.17, 15) is 4.79 Å². The van der Waals surface area contributed by atoms with Crippen LogP contribution in [0.25, 0.3) is 6.08 Å². The number of hydrogen-bond donors (Lipinski definition) is 0. The zero-order valence-electron chi connectivity index (χ0n) is 15.0. The highest BCUT2D eigenvalue weighted by atomic mass is 35.5. The first kappa shape index (κ1) is 18.1. The smallest absolute Gasteiger partial charge is 0.231 e. The van der Waals surface area contributed by atoms with Crippen molar-refractivity contribution in [3.8, 4) is 11.5 Å². The molecule has 0 aromatic heterocycles. The van der Waals surface area contributed by atoms with Gasteiger partial charge in [0, 0.05) is 11.1 Å². The van der Waals surface area contributed by atoms with E-state index in [0.29, 0.717) is 34.5 Å². The van der Waals surface area contributed by atoms with Gasteiger partial charge in [0.15, 0.2) is 5.76 Å². The van der Waals surface area contributed by atoms with Crippen molar-refractivity contribution in [3.05, 3.63) is 112 Å². The molecule has 1 heterocycles. The van der Waals surface area contributed by atoms with Gasteiger partial charge in [0.05, 0.1) is 5.56 Å². The molecule has 4 rings (SSSR count). The number of benzene rings is 3. The Labute approximate surface area is 168 Å². The summed E-state index contributed by atoms with van der Waals surface area (Å²) in [4.78, 5) is 12.5. The van der Waals surface area contributed by atoms with Crippen LogP contribution < -0.4 is 9.47 Å². The first-order valence-corrected chi connectivity index (χ1v) is 9.24. The molecule has 28 heavy (non-hydrogen) atoms. The summed E-state index contributed by atoms with van der Waals surface area (Å²) in [5.41, 5.74) is 2.56. The largest absolute Gasteiger partial charge is 0.489 e. The second-order valence-corrected chi connectivity index (χ2v) is 6.74. The van der Waals surface area contributed by atoms with Gasteiger partial charge in [-0.1, -0.05) is 66.2 Å². The van der Waals surface area contributed by atoms with Crippen molar-refractivity contribution in [2.45, 2.75) is 6.61 Å². The fourth-order valence-corrected chi connectivity index (χ4v) is 3.09. The summed E-state index contributed by atoms with van der Waals surface area (Å²) in [7, 11) is 0. The van der Waals surface area contributed by atoms with Gasteiger partial charge in [0.2, 0.25) is 5.78 Å². The van der Waals surface area contributed by atoms with Crippen LogP contribution in [0.2, 0.25) is 5.02 Å². The molecule has 1 aliphatic rings. The fourth-order valence-electron chi connectivity index (χ4n) is 2.88. The number of ether oxygens (including phenoxy) is 2. The molecule has 0 saturated heterocycles. The van der Waals surface area contributed by atoms with Gasteiger partial charge in [-0.25, -0.2) is 0 Å². The Morgan fingerprint density at radius 3 is 2.64 bits per heavy atom. The molecule has 0 amide bonds. The fraction of sp³-hybridized carbons (Fsp3) is 0.0417. The van der Waals surface area contributed by atoms with Gasteiger partial charge in [0.1, 0.15) is 18.1 Å². The maximum absolute atomic E-state index is 12.5. The topological polar surface area (TPSA) is 35.5 Å². The molecule has 3 aromatic rings. The van der Waals surface area contributed by atoms with E-state index in [1.807, 2.05) is 66.7 Å². The average molecular weight is 389 g/mol. The van der Waals surface area contributed by atoms with Crippen LogP contribution in [0.15, 0.2) is 90.7 Å². The van der Waals surface area contributed by atoms with E-state index >= 15 is 0 Å². The Bertz CT molecular complexity index is 1070. The molecule has 0 saturated carbocycles. The number of allylic oxidation sites excluding steroid dienone is 3. The zero-order valence-corrected chi connectivity index (χ0v) is 15.7. The summed E-state index contributed by atoms with van der Waals surface area (Å²) in [5.74, 6) is 1.31. The second kappa shape index (κ2) is 8.15. The molecule has 0 radical (unpaired) electrons. The Morgan fingerprint density at radius 1 is 0.964 bits per heavy atom. The summed E-state index contributed by atoms with van der Waals surface area (Å²) < 4.78 is 11.5. The summed E-state index contributed by atoms with van der Waals surface area (Å²) >= 11 is 5.99. The number of halogens is 1. The maximum atomic E-state index is 12.5. The third kappa shape index (κ3) is 4.16. The van der Waals surface area contributed by atoms with Crippen LogP contribution in [0.4, 0.5) is 0 Å². The number of fused-ring (bicyclic) bond motifs is 1. The van der Waals surface area contributed by atoms with Crippen LogP contribution in [-0.4, -0.2) is 5.78 Å². The van der Waals surface area contributed by atoms with Gasteiger partial charge in [-0.15, -0.1) is 0 Å². The highest BCUT2D eigenvalue weighted by molar-refractivity contribution is 6.30. The van der Waals surface area contributed by atoms with Crippen molar-refractivity contribution in [1.29, 1.82) is 0 Å². The number of ketones is 1. The molecule has 3 nitrogen and oxygen atoms in total. The SMILES string of the molecule is O=C1/C(=C/C=C/c2ccccc2)Oc2cc(OCc3cccc(Cl)c3)ccc21. The number of Topliss-reactive ketones (excluding diaryl/α,β-unsaturated/α-hetero) is 1. The molecule has 138 valence electrons. The van der Waals surface area contributed by atoms with Crippen molar-refractivity contribution in [2.75, 3.05) is 0 Å². The van der Waals surface area contributed by atoms with Gasteiger partial charge in [0.25, 0.3) is 0 Å². The van der Waals surface area contributed by atoms with Crippen molar-refractivity contribution in [3.63, 3.8) is 0 Å². The third-order valence-electron chi connectivity index (χ3n) is 4.27. The van der Waals surface area contributed by atoms with Crippen molar-refractivity contribution in [2.24, 2.45) is 0 Å². The van der Waals surface area contributed by atoms with E-state index in [0.717, 1.165) is 11.1 Å². The highest BCUT2D eigenvalue weighted by Gasteiger charge is 2.27. The summed E-state index contributed by atoms with van der Waals surface area (Å²) in [6.45, 7) is 0.385. The van der Waals surface area contributed by atoms with Crippen LogP contribution in [-0.2, 0) is 6.61 Å². The summed E-state index contributed by atoms with van der Waals surface area (Å²) in [6, 6.07) is 22.6. The molecular formula is C24H17ClO3. The minimum Gasteiger partial charge on any atom is -0.489 e. The quantitative estimate of drug-likeness (QED) is 0.496. The standard InChI is InChI=1S/C24H17ClO3/c25-19-10-4-9-18(14-19)16-27-20-12-13-21-23(15-20)28-22(24(21)26)11-5-8-17-6-2-1-3-7-17/h1-15H,16H2/b8-5+,22-11-. The predicted molar refractivity (Wildman–Crippen MR) is 111 cm³/mol. The maximum Gasteiger partial charge on any atom is 0.231 e. The van der Waals surface area contributed by atoms with Gasteiger partial charge in [-0.05, 0) is 41.5 Å². The average Bonchev–Trinajstić information content (AvgIpc) is 3.02. The lowest BCUT2D eigenvalue weighted by molar-refractivity contribution is 0.101. The van der Waals surface area contributed by atoms with Gasteiger partial charge >= 0.3 is 0 Å². The molecule has 3 aromatic carbocycles. The number of carbonyl (C=O) groups excluding carboxylic acids is 1. The molecule has 0 N–H and O–H groups in total. The molecule has 1 aliphatic heterocycles. The Hall–Kier alpha value is -3.30. The molecule has 0 bridgehead atoms. The number of hydrogen-bond acceptors (Lipinski definition) is 3. The van der Waals surface area contributed by atoms with Crippen LogP contribution in [0.5, 0.6) is 11.5 Å². The Morgan fingerprint density at radius 2 is 1.82 bits per heavy atom. The molecular weight excluding hydrogens is 372 g/mol. The molecule has 4 heteroatoms. The van der Waals surface area contributed by atoms with Crippen LogP contribution in [0, 0.1) is 0 Å². The Kier molecular flexibility index (Phi) is 5.27. The minimum atomic E-state index is -0.130. The molecule has 0 unspecified atom stereocenters. The van der Waals surface area contributed by atoms with E-state index in [-0.39, 0.29) is 5.78 Å². The van der Waals surface area contributed by atoms with Crippen molar-refractivity contribution in [1.82, 2.24) is 0 Å².